The van der Waals surface area contributed by atoms with Crippen molar-refractivity contribution in [3.8, 4) is 0 Å². The van der Waals surface area contributed by atoms with Crippen LogP contribution < -0.4 is 10.6 Å². The minimum atomic E-state index is 0.569. The molecule has 5 heteroatoms. The number of anilines is 2. The summed E-state index contributed by atoms with van der Waals surface area (Å²) in [6.45, 7) is 4.17. The summed E-state index contributed by atoms with van der Waals surface area (Å²) in [5.41, 5.74) is 5.67. The number of hydrogen-bond acceptors (Lipinski definition) is 5. The van der Waals surface area contributed by atoms with Gasteiger partial charge in [0.05, 0.1) is 17.1 Å². The molecule has 3 rings (SSSR count). The van der Waals surface area contributed by atoms with Gasteiger partial charge in [-0.05, 0) is 50.5 Å². The topological polar surface area (TPSA) is 73.7 Å². The summed E-state index contributed by atoms with van der Waals surface area (Å²) in [5.74, 6) is 0. The van der Waals surface area contributed by atoms with Crippen molar-refractivity contribution < 1.29 is 0 Å². The van der Waals surface area contributed by atoms with Gasteiger partial charge in [0.25, 0.3) is 0 Å². The molecule has 0 spiro atoms. The van der Waals surface area contributed by atoms with Crippen LogP contribution in [-0.2, 0) is 6.42 Å². The van der Waals surface area contributed by atoms with Crippen LogP contribution in [-0.4, -0.2) is 22.2 Å². The molecule has 0 bridgehead atoms. The van der Waals surface area contributed by atoms with Crippen LogP contribution in [0.1, 0.15) is 56.1 Å². The molecule has 27 heavy (non-hydrogen) atoms. The van der Waals surface area contributed by atoms with E-state index >= 15 is 0 Å². The third-order valence-corrected chi connectivity index (χ3v) is 4.97. The van der Waals surface area contributed by atoms with Crippen molar-refractivity contribution in [2.24, 2.45) is 0 Å². The first kappa shape index (κ1) is 19.1. The maximum absolute atomic E-state index is 7.78. The van der Waals surface area contributed by atoms with E-state index in [1.165, 1.54) is 31.9 Å². The zero-order chi connectivity index (χ0) is 19.1. The van der Waals surface area contributed by atoms with E-state index in [1.807, 2.05) is 31.5 Å². The Hall–Kier alpha value is -2.69. The largest absolute Gasteiger partial charge is 0.381 e. The summed E-state index contributed by atoms with van der Waals surface area (Å²) in [6, 6.07) is 8.62. The molecule has 0 atom stereocenters. The lowest BCUT2D eigenvalue weighted by molar-refractivity contribution is 0.753. The van der Waals surface area contributed by atoms with Gasteiger partial charge in [-0.2, -0.15) is 0 Å². The standard InChI is InChI=1S/C22H29N5/c1-3-6-19-13-20(11-12-24-19)25-15-17(14-23)22-10-9-21(16(2)26-22)27-18-7-4-5-8-18/h9-15,18,23,27H,3-8H2,1-2H3,(H,24,25)/b17-15+,23-14?. The first-order valence-corrected chi connectivity index (χ1v) is 9.86. The van der Waals surface area contributed by atoms with Crippen LogP contribution >= 0.6 is 0 Å². The van der Waals surface area contributed by atoms with E-state index in [-0.39, 0.29) is 0 Å². The Labute approximate surface area is 161 Å². The normalized spacial score (nSPS) is 15.0. The fourth-order valence-corrected chi connectivity index (χ4v) is 3.48. The van der Waals surface area contributed by atoms with E-state index in [0.29, 0.717) is 6.04 Å². The van der Waals surface area contributed by atoms with Crippen LogP contribution in [0.2, 0.25) is 0 Å². The first-order chi connectivity index (χ1) is 13.2. The fourth-order valence-electron chi connectivity index (χ4n) is 3.48. The van der Waals surface area contributed by atoms with E-state index in [1.54, 1.807) is 0 Å². The lowest BCUT2D eigenvalue weighted by Crippen LogP contribution is -2.15. The maximum Gasteiger partial charge on any atom is 0.0736 e. The average Bonchev–Trinajstić information content (AvgIpc) is 3.18. The van der Waals surface area contributed by atoms with Crippen molar-refractivity contribution in [1.29, 1.82) is 5.41 Å². The van der Waals surface area contributed by atoms with Crippen LogP contribution in [0.25, 0.3) is 5.57 Å². The molecule has 3 N–H and O–H groups in total. The number of aromatic nitrogens is 2. The Balaban J connectivity index is 1.72. The first-order valence-electron chi connectivity index (χ1n) is 9.86. The molecule has 2 heterocycles. The molecule has 0 unspecified atom stereocenters. The minimum Gasteiger partial charge on any atom is -0.381 e. The summed E-state index contributed by atoms with van der Waals surface area (Å²) < 4.78 is 0. The SMILES string of the molecule is CCCc1cc(N/C=C(\C=N)c2ccc(NC3CCCC3)c(C)n2)ccn1. The molecule has 1 aliphatic rings. The quantitative estimate of drug-likeness (QED) is 0.564. The highest BCUT2D eigenvalue weighted by molar-refractivity contribution is 6.08. The van der Waals surface area contributed by atoms with Gasteiger partial charge >= 0.3 is 0 Å². The highest BCUT2D eigenvalue weighted by atomic mass is 14.9. The van der Waals surface area contributed by atoms with E-state index in [4.69, 9.17) is 10.4 Å². The Bertz CT molecular complexity index is 806. The van der Waals surface area contributed by atoms with Crippen molar-refractivity contribution in [1.82, 2.24) is 9.97 Å². The molecule has 5 nitrogen and oxygen atoms in total. The van der Waals surface area contributed by atoms with Gasteiger partial charge in [0.2, 0.25) is 0 Å². The van der Waals surface area contributed by atoms with Gasteiger partial charge in [0.1, 0.15) is 0 Å². The zero-order valence-corrected chi connectivity index (χ0v) is 16.3. The summed E-state index contributed by atoms with van der Waals surface area (Å²) in [7, 11) is 0. The lowest BCUT2D eigenvalue weighted by Gasteiger charge is -2.16. The van der Waals surface area contributed by atoms with Crippen molar-refractivity contribution >= 4 is 23.2 Å². The summed E-state index contributed by atoms with van der Waals surface area (Å²) in [5, 5.41) is 14.7. The van der Waals surface area contributed by atoms with Gasteiger partial charge in [-0.3, -0.25) is 9.97 Å². The molecule has 142 valence electrons. The number of rotatable bonds is 8. The average molecular weight is 364 g/mol. The highest BCUT2D eigenvalue weighted by Crippen LogP contribution is 2.24. The van der Waals surface area contributed by atoms with Gasteiger partial charge in [0.15, 0.2) is 0 Å². The van der Waals surface area contributed by atoms with Crippen LogP contribution in [0, 0.1) is 12.3 Å². The van der Waals surface area contributed by atoms with Gasteiger partial charge in [0, 0.05) is 41.6 Å². The second-order valence-corrected chi connectivity index (χ2v) is 7.13. The van der Waals surface area contributed by atoms with Gasteiger partial charge in [-0.25, -0.2) is 0 Å². The van der Waals surface area contributed by atoms with Crippen molar-refractivity contribution in [3.63, 3.8) is 0 Å². The molecule has 0 saturated heterocycles. The second-order valence-electron chi connectivity index (χ2n) is 7.13. The molecule has 2 aromatic rings. The maximum atomic E-state index is 7.78. The predicted molar refractivity (Wildman–Crippen MR) is 113 cm³/mol. The lowest BCUT2D eigenvalue weighted by atomic mass is 10.1. The third-order valence-electron chi connectivity index (χ3n) is 4.97. The van der Waals surface area contributed by atoms with E-state index < -0.39 is 0 Å². The van der Waals surface area contributed by atoms with Crippen LogP contribution in [0.3, 0.4) is 0 Å². The van der Waals surface area contributed by atoms with Gasteiger partial charge < -0.3 is 16.0 Å². The van der Waals surface area contributed by atoms with E-state index in [9.17, 15) is 0 Å². The molecule has 1 fully saturated rings. The molecule has 0 radical (unpaired) electrons. The smallest absolute Gasteiger partial charge is 0.0736 e. The molecule has 1 aliphatic carbocycles. The predicted octanol–water partition coefficient (Wildman–Crippen LogP) is 5.19. The number of nitrogens with zero attached hydrogens (tertiary/aromatic N) is 2. The zero-order valence-electron chi connectivity index (χ0n) is 16.3. The molecule has 1 saturated carbocycles. The highest BCUT2D eigenvalue weighted by Gasteiger charge is 2.15. The van der Waals surface area contributed by atoms with Crippen molar-refractivity contribution in [2.75, 3.05) is 10.6 Å². The van der Waals surface area contributed by atoms with Crippen LogP contribution in [0.15, 0.2) is 36.7 Å². The van der Waals surface area contributed by atoms with Crippen molar-refractivity contribution in [3.05, 3.63) is 53.7 Å². The summed E-state index contributed by atoms with van der Waals surface area (Å²) >= 11 is 0. The number of nitrogens with one attached hydrogen (secondary N) is 3. The molecular weight excluding hydrogens is 334 g/mol. The fraction of sp³-hybridized carbons (Fsp3) is 0.409. The number of aryl methyl sites for hydroxylation is 2. The van der Waals surface area contributed by atoms with Crippen LogP contribution in [0.4, 0.5) is 11.4 Å². The molecule has 2 aromatic heterocycles. The molecular formula is C22H29N5. The monoisotopic (exact) mass is 363 g/mol. The summed E-state index contributed by atoms with van der Waals surface area (Å²) in [4.78, 5) is 9.08. The van der Waals surface area contributed by atoms with E-state index in [2.05, 4.69) is 34.7 Å². The Morgan fingerprint density at radius 3 is 2.78 bits per heavy atom. The summed E-state index contributed by atoms with van der Waals surface area (Å²) in [6.07, 6.45) is 12.1. The Morgan fingerprint density at radius 1 is 1.26 bits per heavy atom. The van der Waals surface area contributed by atoms with Crippen molar-refractivity contribution in [2.45, 2.75) is 58.4 Å². The second kappa shape index (κ2) is 9.31. The molecule has 0 aliphatic heterocycles. The van der Waals surface area contributed by atoms with Gasteiger partial charge in [-0.1, -0.05) is 26.2 Å². The third kappa shape index (κ3) is 5.16. The minimum absolute atomic E-state index is 0.569. The number of hydrogen-bond donors (Lipinski definition) is 3. The number of allylic oxidation sites excluding steroid dienone is 1. The Kier molecular flexibility index (Phi) is 6.58. The van der Waals surface area contributed by atoms with E-state index in [0.717, 1.165) is 46.9 Å². The number of pyridine rings is 2. The molecule has 0 aromatic carbocycles. The Morgan fingerprint density at radius 2 is 2.07 bits per heavy atom. The van der Waals surface area contributed by atoms with Crippen LogP contribution in [0.5, 0.6) is 0 Å². The molecule has 0 amide bonds. The van der Waals surface area contributed by atoms with Gasteiger partial charge in [-0.15, -0.1) is 0 Å².